The molecule has 0 aliphatic rings. The fourth-order valence-corrected chi connectivity index (χ4v) is 8.92. The van der Waals surface area contributed by atoms with Crippen LogP contribution in [0, 0.1) is 0 Å². The number of esters is 3. The maximum absolute atomic E-state index is 12.9. The zero-order valence-electron chi connectivity index (χ0n) is 52.5. The molecule has 0 aromatic heterocycles. The van der Waals surface area contributed by atoms with E-state index in [1.165, 1.54) is 96.3 Å². The molecule has 0 saturated carbocycles. The summed E-state index contributed by atoms with van der Waals surface area (Å²) >= 11 is 0. The number of carbonyl (C=O) groups excluding carboxylic acids is 3. The number of unbranched alkanes of at least 4 members (excludes halogenated alkanes) is 24. The Morgan fingerprint density at radius 3 is 0.753 bits per heavy atom. The summed E-state index contributed by atoms with van der Waals surface area (Å²) in [5.74, 6) is -0.913. The molecule has 0 spiro atoms. The van der Waals surface area contributed by atoms with Crippen molar-refractivity contribution in [2.75, 3.05) is 13.2 Å². The topological polar surface area (TPSA) is 78.9 Å². The zero-order chi connectivity index (χ0) is 58.5. The van der Waals surface area contributed by atoms with E-state index in [0.717, 1.165) is 154 Å². The summed E-state index contributed by atoms with van der Waals surface area (Å²) < 4.78 is 16.8. The quantitative estimate of drug-likeness (QED) is 0.0261. The lowest BCUT2D eigenvalue weighted by Crippen LogP contribution is -2.30. The molecule has 0 rings (SSSR count). The first-order valence-corrected chi connectivity index (χ1v) is 33.3. The molecule has 0 radical (unpaired) electrons. The van der Waals surface area contributed by atoms with Gasteiger partial charge >= 0.3 is 17.9 Å². The average Bonchev–Trinajstić information content (AvgIpc) is 3.47. The fraction of sp³-hybridized carbons (Fsp3) is 0.640. The van der Waals surface area contributed by atoms with Crippen molar-refractivity contribution in [1.82, 2.24) is 0 Å². The van der Waals surface area contributed by atoms with Gasteiger partial charge in [-0.05, 0) is 122 Å². The molecular weight excluding hydrogens is 997 g/mol. The molecule has 0 aromatic rings. The van der Waals surface area contributed by atoms with Gasteiger partial charge in [0.15, 0.2) is 6.10 Å². The highest BCUT2D eigenvalue weighted by Gasteiger charge is 2.19. The molecule has 0 aliphatic heterocycles. The van der Waals surface area contributed by atoms with Crippen LogP contribution in [0.2, 0.25) is 0 Å². The van der Waals surface area contributed by atoms with Crippen molar-refractivity contribution >= 4 is 17.9 Å². The normalized spacial score (nSPS) is 13.1. The Morgan fingerprint density at radius 1 is 0.259 bits per heavy atom. The van der Waals surface area contributed by atoms with E-state index in [4.69, 9.17) is 14.2 Å². The van der Waals surface area contributed by atoms with E-state index >= 15 is 0 Å². The van der Waals surface area contributed by atoms with E-state index in [2.05, 4.69) is 167 Å². The molecular formula is C75H122O6. The largest absolute Gasteiger partial charge is 0.462 e. The molecule has 0 aromatic carbocycles. The highest BCUT2D eigenvalue weighted by atomic mass is 16.6. The molecule has 0 N–H and O–H groups in total. The average molecular weight is 1120 g/mol. The molecule has 0 heterocycles. The number of carbonyl (C=O) groups is 3. The smallest absolute Gasteiger partial charge is 0.306 e. The highest BCUT2D eigenvalue weighted by Crippen LogP contribution is 2.16. The molecule has 81 heavy (non-hydrogen) atoms. The first-order chi connectivity index (χ1) is 40.0. The van der Waals surface area contributed by atoms with Gasteiger partial charge in [0, 0.05) is 19.3 Å². The molecule has 6 nitrogen and oxygen atoms in total. The molecule has 6 heteroatoms. The van der Waals surface area contributed by atoms with Crippen LogP contribution in [0.4, 0.5) is 0 Å². The second kappa shape index (κ2) is 67.8. The Labute approximate surface area is 499 Å². The lowest BCUT2D eigenvalue weighted by molar-refractivity contribution is -0.167. The molecule has 0 fully saturated rings. The van der Waals surface area contributed by atoms with Gasteiger partial charge in [-0.25, -0.2) is 0 Å². The van der Waals surface area contributed by atoms with E-state index in [0.29, 0.717) is 19.3 Å². The maximum Gasteiger partial charge on any atom is 0.306 e. The number of rotatable bonds is 59. The lowest BCUT2D eigenvalue weighted by Gasteiger charge is -2.18. The monoisotopic (exact) mass is 1120 g/mol. The number of hydrogen-bond donors (Lipinski definition) is 0. The first-order valence-electron chi connectivity index (χ1n) is 33.3. The minimum atomic E-state index is -0.791. The van der Waals surface area contributed by atoms with Gasteiger partial charge in [-0.3, -0.25) is 14.4 Å². The van der Waals surface area contributed by atoms with E-state index < -0.39 is 6.10 Å². The van der Waals surface area contributed by atoms with Crippen LogP contribution in [0.5, 0.6) is 0 Å². The van der Waals surface area contributed by atoms with Crippen molar-refractivity contribution in [1.29, 1.82) is 0 Å². The van der Waals surface area contributed by atoms with Crippen molar-refractivity contribution in [2.24, 2.45) is 0 Å². The van der Waals surface area contributed by atoms with Crippen LogP contribution in [0.15, 0.2) is 146 Å². The van der Waals surface area contributed by atoms with Gasteiger partial charge in [0.1, 0.15) is 13.2 Å². The summed E-state index contributed by atoms with van der Waals surface area (Å²) in [5, 5.41) is 0. The molecule has 0 amide bonds. The van der Waals surface area contributed by atoms with Gasteiger partial charge in [-0.2, -0.15) is 0 Å². The molecule has 1 unspecified atom stereocenters. The van der Waals surface area contributed by atoms with Crippen LogP contribution in [0.25, 0.3) is 0 Å². The van der Waals surface area contributed by atoms with E-state index in [1.807, 2.05) is 0 Å². The van der Waals surface area contributed by atoms with Gasteiger partial charge in [-0.15, -0.1) is 0 Å². The lowest BCUT2D eigenvalue weighted by atomic mass is 10.0. The second-order valence-electron chi connectivity index (χ2n) is 21.6. The second-order valence-corrected chi connectivity index (χ2v) is 21.6. The summed E-state index contributed by atoms with van der Waals surface area (Å²) in [6.07, 6.45) is 97.5. The van der Waals surface area contributed by atoms with Gasteiger partial charge in [0.05, 0.1) is 0 Å². The summed E-state index contributed by atoms with van der Waals surface area (Å²) in [7, 11) is 0. The summed E-state index contributed by atoms with van der Waals surface area (Å²) in [6, 6.07) is 0. The molecule has 0 saturated heterocycles. The third-order valence-corrected chi connectivity index (χ3v) is 13.8. The SMILES string of the molecule is CC/C=C\C/C=C\C/C=C\C/C=C\C/C=C\C/C=C\C/C=C\CCCCCCCCCCCCCCCC(=O)OCC(COC(=O)CCCCCCCCC)OC(=O)CCCCCCC/C=C\C/C=C\C/C=C\C/C=C\C/C=C\CC. The number of hydrogen-bond acceptors (Lipinski definition) is 6. The summed E-state index contributed by atoms with van der Waals surface area (Å²) in [4.78, 5) is 38.1. The Balaban J connectivity index is 4.12. The predicted molar refractivity (Wildman–Crippen MR) is 352 cm³/mol. The van der Waals surface area contributed by atoms with E-state index in [-0.39, 0.29) is 31.1 Å². The van der Waals surface area contributed by atoms with Crippen molar-refractivity contribution in [2.45, 2.75) is 297 Å². The van der Waals surface area contributed by atoms with Crippen LogP contribution in [-0.4, -0.2) is 37.2 Å². The standard InChI is InChI=1S/C75H122O6/c1-4-7-10-13-16-18-20-22-24-26-28-30-31-32-33-34-35-36-37-38-39-40-41-42-43-45-46-48-50-52-54-56-59-62-65-68-74(77)80-71-72(70-79-73(76)67-64-61-58-15-12-9-6-3)81-75(78)69-66-63-60-57-55-53-51-49-47-44-29-27-25-23-21-19-17-14-11-8-5-2/h7-8,10-11,16-19,22-25,28-30,32-33,35-36,38-39,44,49,51,72H,4-6,9,12-15,20-21,26-27,31,34,37,40-43,45-48,50,52-71H2,1-3H3/b10-7-,11-8-,18-16-,19-17-,24-22-,25-23-,30-28-,33-32-,36-35-,39-38-,44-29-,51-49-. The Hall–Kier alpha value is -4.71. The Morgan fingerprint density at radius 2 is 0.481 bits per heavy atom. The molecule has 1 atom stereocenters. The van der Waals surface area contributed by atoms with Crippen molar-refractivity contribution in [3.8, 4) is 0 Å². The van der Waals surface area contributed by atoms with Gasteiger partial charge < -0.3 is 14.2 Å². The Bertz CT molecular complexity index is 1760. The van der Waals surface area contributed by atoms with Gasteiger partial charge in [0.2, 0.25) is 0 Å². The third-order valence-electron chi connectivity index (χ3n) is 13.8. The minimum Gasteiger partial charge on any atom is -0.462 e. The maximum atomic E-state index is 12.9. The number of allylic oxidation sites excluding steroid dienone is 24. The Kier molecular flexibility index (Phi) is 63.9. The predicted octanol–water partition coefficient (Wildman–Crippen LogP) is 23.1. The van der Waals surface area contributed by atoms with Crippen molar-refractivity contribution in [3.05, 3.63) is 146 Å². The minimum absolute atomic E-state index is 0.0880. The van der Waals surface area contributed by atoms with Crippen LogP contribution in [-0.2, 0) is 28.6 Å². The number of ether oxygens (including phenoxy) is 3. The summed E-state index contributed by atoms with van der Waals surface area (Å²) in [6.45, 7) is 6.36. The molecule has 0 bridgehead atoms. The van der Waals surface area contributed by atoms with Crippen LogP contribution >= 0.6 is 0 Å². The third kappa shape index (κ3) is 66.0. The van der Waals surface area contributed by atoms with Crippen LogP contribution in [0.3, 0.4) is 0 Å². The van der Waals surface area contributed by atoms with Crippen molar-refractivity contribution < 1.29 is 28.6 Å². The summed E-state index contributed by atoms with van der Waals surface area (Å²) in [5.41, 5.74) is 0. The van der Waals surface area contributed by atoms with Gasteiger partial charge in [0.25, 0.3) is 0 Å². The fourth-order valence-electron chi connectivity index (χ4n) is 8.92. The zero-order valence-corrected chi connectivity index (χ0v) is 52.5. The van der Waals surface area contributed by atoms with E-state index in [9.17, 15) is 14.4 Å². The molecule has 458 valence electrons. The van der Waals surface area contributed by atoms with E-state index in [1.54, 1.807) is 0 Å². The van der Waals surface area contributed by atoms with Gasteiger partial charge in [-0.1, -0.05) is 295 Å². The van der Waals surface area contributed by atoms with Crippen LogP contribution < -0.4 is 0 Å². The highest BCUT2D eigenvalue weighted by molar-refractivity contribution is 5.71. The first kappa shape index (κ1) is 76.3. The molecule has 0 aliphatic carbocycles. The van der Waals surface area contributed by atoms with Crippen molar-refractivity contribution in [3.63, 3.8) is 0 Å². The van der Waals surface area contributed by atoms with Crippen LogP contribution in [0.1, 0.15) is 290 Å².